The van der Waals surface area contributed by atoms with Crippen molar-refractivity contribution in [3.05, 3.63) is 0 Å². The van der Waals surface area contributed by atoms with Crippen LogP contribution in [0.2, 0.25) is 0 Å². The molecule has 0 radical (unpaired) electrons. The molecule has 0 heterocycles. The highest BCUT2D eigenvalue weighted by atomic mass is 19.3. The van der Waals surface area contributed by atoms with Gasteiger partial charge in [0.15, 0.2) is 0 Å². The summed E-state index contributed by atoms with van der Waals surface area (Å²) >= 11 is 0. The molecule has 0 aromatic heterocycles. The molecule has 0 spiro atoms. The van der Waals surface area contributed by atoms with Gasteiger partial charge in [-0.1, -0.05) is 13.3 Å². The zero-order valence-corrected chi connectivity index (χ0v) is 8.99. The minimum Gasteiger partial charge on any atom is -0.324 e. The maximum Gasteiger partial charge on any atom is 0.319 e. The predicted molar refractivity (Wildman–Crippen MR) is 51.3 cm³/mol. The Kier molecular flexibility index (Phi) is 5.51. The van der Waals surface area contributed by atoms with E-state index in [9.17, 15) is 17.6 Å². The van der Waals surface area contributed by atoms with Gasteiger partial charge in [-0.25, -0.2) is 8.78 Å². The summed E-state index contributed by atoms with van der Waals surface area (Å²) < 4.78 is 48.4. The van der Waals surface area contributed by atoms with E-state index in [1.807, 2.05) is 6.92 Å². The summed E-state index contributed by atoms with van der Waals surface area (Å²) in [5.41, 5.74) is 5.11. The van der Waals surface area contributed by atoms with Crippen LogP contribution in [0.5, 0.6) is 0 Å². The highest BCUT2D eigenvalue weighted by molar-refractivity contribution is 4.82. The number of hydrogen-bond acceptors (Lipinski definition) is 2. The first-order valence-electron chi connectivity index (χ1n) is 4.87. The zero-order chi connectivity index (χ0) is 12.1. The van der Waals surface area contributed by atoms with Gasteiger partial charge in [-0.3, -0.25) is 0 Å². The molecular weight excluding hydrogens is 212 g/mol. The third-order valence-corrected chi connectivity index (χ3v) is 2.03. The van der Waals surface area contributed by atoms with Crippen LogP contribution in [0.1, 0.15) is 26.7 Å². The van der Waals surface area contributed by atoms with Gasteiger partial charge in [-0.2, -0.15) is 8.78 Å². The molecule has 0 aliphatic carbocycles. The fourth-order valence-electron chi connectivity index (χ4n) is 1.25. The number of nitrogens with one attached hydrogen (secondary N) is 1. The minimum atomic E-state index is -3.98. The number of rotatable bonds is 7. The molecule has 1 unspecified atom stereocenters. The largest absolute Gasteiger partial charge is 0.324 e. The Balaban J connectivity index is 3.88. The van der Waals surface area contributed by atoms with E-state index in [1.54, 1.807) is 6.92 Å². The summed E-state index contributed by atoms with van der Waals surface area (Å²) in [6.45, 7) is 2.67. The molecular formula is C9H18F4N2. The lowest BCUT2D eigenvalue weighted by molar-refractivity contribution is -0.125. The Hall–Kier alpha value is -0.360. The summed E-state index contributed by atoms with van der Waals surface area (Å²) in [7, 11) is 0. The Labute approximate surface area is 87.2 Å². The average Bonchev–Trinajstić information content (AvgIpc) is 2.02. The molecule has 2 nitrogen and oxygen atoms in total. The van der Waals surface area contributed by atoms with Gasteiger partial charge in [-0.05, 0) is 13.3 Å². The molecule has 0 saturated carbocycles. The van der Waals surface area contributed by atoms with E-state index in [0.29, 0.717) is 6.42 Å². The number of nitrogens with two attached hydrogens (primary N) is 1. The van der Waals surface area contributed by atoms with Crippen molar-refractivity contribution in [1.82, 2.24) is 5.32 Å². The second kappa shape index (κ2) is 5.65. The van der Waals surface area contributed by atoms with Crippen LogP contribution in [-0.4, -0.2) is 31.0 Å². The van der Waals surface area contributed by atoms with Gasteiger partial charge in [0.2, 0.25) is 0 Å². The molecule has 6 heteroatoms. The van der Waals surface area contributed by atoms with Crippen LogP contribution >= 0.6 is 0 Å². The second-order valence-electron chi connectivity index (χ2n) is 4.07. The monoisotopic (exact) mass is 230 g/mol. The van der Waals surface area contributed by atoms with Crippen molar-refractivity contribution in [3.8, 4) is 0 Å². The van der Waals surface area contributed by atoms with Gasteiger partial charge in [-0.15, -0.1) is 0 Å². The van der Waals surface area contributed by atoms with E-state index >= 15 is 0 Å². The Morgan fingerprint density at radius 1 is 1.27 bits per heavy atom. The first-order chi connectivity index (χ1) is 6.71. The van der Waals surface area contributed by atoms with Crippen LogP contribution in [-0.2, 0) is 0 Å². The lowest BCUT2D eigenvalue weighted by Gasteiger charge is -2.25. The van der Waals surface area contributed by atoms with Crippen LogP contribution in [0.15, 0.2) is 0 Å². The zero-order valence-electron chi connectivity index (χ0n) is 8.99. The van der Waals surface area contributed by atoms with E-state index < -0.39 is 24.4 Å². The van der Waals surface area contributed by atoms with Gasteiger partial charge in [0, 0.05) is 12.1 Å². The van der Waals surface area contributed by atoms with Gasteiger partial charge >= 0.3 is 12.3 Å². The highest BCUT2D eigenvalue weighted by Crippen LogP contribution is 2.21. The van der Waals surface area contributed by atoms with Crippen LogP contribution in [0.4, 0.5) is 17.6 Å². The molecule has 0 aromatic carbocycles. The first-order valence-corrected chi connectivity index (χ1v) is 4.87. The fraction of sp³-hybridized carbons (Fsp3) is 1.00. The third kappa shape index (κ3) is 5.94. The van der Waals surface area contributed by atoms with E-state index in [4.69, 9.17) is 5.73 Å². The third-order valence-electron chi connectivity index (χ3n) is 2.03. The van der Waals surface area contributed by atoms with E-state index in [0.717, 1.165) is 6.42 Å². The maximum absolute atomic E-state index is 12.5. The summed E-state index contributed by atoms with van der Waals surface area (Å²) in [5.74, 6) is -3.98. The molecule has 0 aliphatic heterocycles. The number of halogens is 4. The minimum absolute atomic E-state index is 0.100. The first kappa shape index (κ1) is 14.6. The Bertz CT molecular complexity index is 183. The van der Waals surface area contributed by atoms with Gasteiger partial charge in [0.1, 0.15) is 0 Å². The topological polar surface area (TPSA) is 38.0 Å². The van der Waals surface area contributed by atoms with Crippen LogP contribution in [0.3, 0.4) is 0 Å². The van der Waals surface area contributed by atoms with Crippen molar-refractivity contribution < 1.29 is 17.6 Å². The van der Waals surface area contributed by atoms with Crippen LogP contribution < -0.4 is 11.1 Å². The smallest absolute Gasteiger partial charge is 0.319 e. The molecule has 0 aliphatic rings. The Morgan fingerprint density at radius 3 is 2.20 bits per heavy atom. The maximum atomic E-state index is 12.5. The Morgan fingerprint density at radius 2 is 1.80 bits per heavy atom. The molecule has 92 valence electrons. The SMILES string of the molecule is CCCC(C)(N)CNCC(F)(F)C(F)F. The van der Waals surface area contributed by atoms with Crippen LogP contribution in [0.25, 0.3) is 0 Å². The molecule has 0 aromatic rings. The predicted octanol–water partition coefficient (Wildman–Crippen LogP) is 1.99. The normalized spacial score (nSPS) is 16.8. The van der Waals surface area contributed by atoms with Crippen molar-refractivity contribution in [3.63, 3.8) is 0 Å². The van der Waals surface area contributed by atoms with Gasteiger partial charge < -0.3 is 11.1 Å². The summed E-state index contributed by atoms with van der Waals surface area (Å²) in [5, 5.41) is 2.28. The molecule has 0 rings (SSSR count). The molecule has 0 bridgehead atoms. The lowest BCUT2D eigenvalue weighted by Crippen LogP contribution is -2.49. The van der Waals surface area contributed by atoms with Crippen molar-refractivity contribution >= 4 is 0 Å². The summed E-state index contributed by atoms with van der Waals surface area (Å²) in [6, 6.07) is 0. The molecule has 15 heavy (non-hydrogen) atoms. The molecule has 0 saturated heterocycles. The van der Waals surface area contributed by atoms with Gasteiger partial charge in [0.25, 0.3) is 0 Å². The fourth-order valence-corrected chi connectivity index (χ4v) is 1.25. The summed E-state index contributed by atoms with van der Waals surface area (Å²) in [4.78, 5) is 0. The highest BCUT2D eigenvalue weighted by Gasteiger charge is 2.40. The van der Waals surface area contributed by atoms with Crippen molar-refractivity contribution in [2.45, 2.75) is 44.6 Å². The van der Waals surface area contributed by atoms with E-state index in [1.165, 1.54) is 0 Å². The number of hydrogen-bond donors (Lipinski definition) is 2. The quantitative estimate of drug-likeness (QED) is 0.656. The second-order valence-corrected chi connectivity index (χ2v) is 4.07. The van der Waals surface area contributed by atoms with E-state index in [2.05, 4.69) is 5.32 Å². The molecule has 0 fully saturated rings. The number of alkyl halides is 4. The van der Waals surface area contributed by atoms with Crippen LogP contribution in [0, 0.1) is 0 Å². The van der Waals surface area contributed by atoms with Crippen molar-refractivity contribution in [1.29, 1.82) is 0 Å². The van der Waals surface area contributed by atoms with E-state index in [-0.39, 0.29) is 6.54 Å². The molecule has 1 atom stereocenters. The average molecular weight is 230 g/mol. The molecule has 0 amide bonds. The standard InChI is InChI=1S/C9H18F4N2/c1-3-4-8(2,14)5-15-6-9(12,13)7(10)11/h7,15H,3-6,14H2,1-2H3. The molecule has 3 N–H and O–H groups in total. The summed E-state index contributed by atoms with van der Waals surface area (Å²) in [6.07, 6.45) is -2.17. The lowest BCUT2D eigenvalue weighted by atomic mass is 9.98. The van der Waals surface area contributed by atoms with Crippen molar-refractivity contribution in [2.75, 3.05) is 13.1 Å². The van der Waals surface area contributed by atoms with Gasteiger partial charge in [0.05, 0.1) is 6.54 Å². The van der Waals surface area contributed by atoms with Crippen molar-refractivity contribution in [2.24, 2.45) is 5.73 Å².